The summed E-state index contributed by atoms with van der Waals surface area (Å²) in [5.41, 5.74) is 14.1. The van der Waals surface area contributed by atoms with Crippen LogP contribution in [-0.4, -0.2) is 4.57 Å². The molecule has 0 aliphatic heterocycles. The summed E-state index contributed by atoms with van der Waals surface area (Å²) in [7, 11) is 0. The van der Waals surface area contributed by atoms with Crippen LogP contribution < -0.4 is 0 Å². The molecule has 1 heteroatoms. The minimum absolute atomic E-state index is 0.0883. The quantitative estimate of drug-likeness (QED) is 0.175. The van der Waals surface area contributed by atoms with Crippen LogP contribution in [0.2, 0.25) is 0 Å². The van der Waals surface area contributed by atoms with Crippen LogP contribution >= 0.6 is 0 Å². The highest BCUT2D eigenvalue weighted by atomic mass is 15.0. The lowest BCUT2D eigenvalue weighted by Crippen LogP contribution is -2.23. The first-order valence-electron chi connectivity index (χ1n) is 16.9. The fraction of sp³-hybridized carbons (Fsp3) is 0.0638. The Labute approximate surface area is 280 Å². The highest BCUT2D eigenvalue weighted by Gasteiger charge is 2.34. The summed E-state index contributed by atoms with van der Waals surface area (Å²) >= 11 is 0. The molecule has 0 amide bonds. The smallest absolute Gasteiger partial charge is 0.0541 e. The second-order valence-corrected chi connectivity index (χ2v) is 13.7. The molecule has 0 fully saturated rings. The van der Waals surface area contributed by atoms with Crippen molar-refractivity contribution in [1.82, 2.24) is 4.57 Å². The Kier molecular flexibility index (Phi) is 5.69. The molecule has 0 atom stereocenters. The lowest BCUT2D eigenvalue weighted by atomic mass is 9.67. The van der Waals surface area contributed by atoms with Crippen molar-refractivity contribution in [2.75, 3.05) is 0 Å². The summed E-state index contributed by atoms with van der Waals surface area (Å²) in [4.78, 5) is 0. The van der Waals surface area contributed by atoms with E-state index in [9.17, 15) is 0 Å². The normalized spacial score (nSPS) is 13.4. The third-order valence-electron chi connectivity index (χ3n) is 10.8. The monoisotopic (exact) mass is 611 g/mol. The van der Waals surface area contributed by atoms with Gasteiger partial charge in [-0.25, -0.2) is 0 Å². The maximum Gasteiger partial charge on any atom is 0.0541 e. The molecule has 0 radical (unpaired) electrons. The molecule has 48 heavy (non-hydrogen) atoms. The summed E-state index contributed by atoms with van der Waals surface area (Å²) in [6.45, 7) is 4.75. The molecular weight excluding hydrogens is 579 g/mol. The first-order chi connectivity index (χ1) is 23.6. The Morgan fingerprint density at radius 2 is 0.979 bits per heavy atom. The Bertz CT molecular complexity index is 2730. The van der Waals surface area contributed by atoms with Crippen molar-refractivity contribution in [3.8, 4) is 39.1 Å². The number of benzene rings is 8. The van der Waals surface area contributed by atoms with Crippen molar-refractivity contribution in [3.05, 3.63) is 175 Å². The summed E-state index contributed by atoms with van der Waals surface area (Å²) in [6, 6.07) is 60.5. The predicted molar refractivity (Wildman–Crippen MR) is 204 cm³/mol. The number of fused-ring (bicyclic) bond motifs is 7. The fourth-order valence-corrected chi connectivity index (χ4v) is 8.57. The lowest BCUT2D eigenvalue weighted by Gasteiger charge is -2.36. The molecule has 0 saturated carbocycles. The minimum Gasteiger partial charge on any atom is -0.309 e. The van der Waals surface area contributed by atoms with Gasteiger partial charge in [0.1, 0.15) is 0 Å². The van der Waals surface area contributed by atoms with E-state index in [2.05, 4.69) is 182 Å². The van der Waals surface area contributed by atoms with Crippen molar-refractivity contribution < 1.29 is 0 Å². The number of nitrogens with zero attached hydrogens (tertiary/aromatic N) is 1. The Morgan fingerprint density at radius 3 is 1.79 bits per heavy atom. The minimum atomic E-state index is -0.0883. The third-order valence-corrected chi connectivity index (χ3v) is 10.8. The van der Waals surface area contributed by atoms with Gasteiger partial charge in [0.2, 0.25) is 0 Å². The van der Waals surface area contributed by atoms with Gasteiger partial charge in [0.05, 0.1) is 11.0 Å². The number of aromatic nitrogens is 1. The van der Waals surface area contributed by atoms with Gasteiger partial charge in [-0.05, 0) is 96.4 Å². The van der Waals surface area contributed by atoms with Crippen molar-refractivity contribution in [1.29, 1.82) is 0 Å². The molecule has 1 aliphatic carbocycles. The van der Waals surface area contributed by atoms with Gasteiger partial charge < -0.3 is 4.57 Å². The zero-order valence-electron chi connectivity index (χ0n) is 27.0. The first-order valence-corrected chi connectivity index (χ1v) is 16.9. The molecule has 9 aromatic rings. The van der Waals surface area contributed by atoms with Crippen LogP contribution in [0.5, 0.6) is 0 Å². The predicted octanol–water partition coefficient (Wildman–Crippen LogP) is 12.7. The van der Waals surface area contributed by atoms with Crippen molar-refractivity contribution in [2.45, 2.75) is 19.3 Å². The van der Waals surface area contributed by atoms with E-state index in [-0.39, 0.29) is 5.41 Å². The van der Waals surface area contributed by atoms with Gasteiger partial charge in [-0.1, -0.05) is 147 Å². The molecule has 10 rings (SSSR count). The van der Waals surface area contributed by atoms with E-state index in [1.807, 2.05) is 0 Å². The molecule has 0 saturated heterocycles. The van der Waals surface area contributed by atoms with E-state index in [1.54, 1.807) is 0 Å². The zero-order valence-corrected chi connectivity index (χ0v) is 27.0. The second-order valence-electron chi connectivity index (χ2n) is 13.7. The van der Waals surface area contributed by atoms with E-state index in [0.29, 0.717) is 0 Å². The van der Waals surface area contributed by atoms with Crippen LogP contribution in [0.4, 0.5) is 0 Å². The summed E-state index contributed by atoms with van der Waals surface area (Å²) < 4.78 is 2.38. The van der Waals surface area contributed by atoms with Crippen LogP contribution in [0.15, 0.2) is 164 Å². The Morgan fingerprint density at radius 1 is 0.396 bits per heavy atom. The van der Waals surface area contributed by atoms with Gasteiger partial charge in [-0.3, -0.25) is 0 Å². The van der Waals surface area contributed by atoms with Gasteiger partial charge in [0, 0.05) is 21.9 Å². The molecule has 1 aromatic heterocycles. The van der Waals surface area contributed by atoms with Gasteiger partial charge in [-0.15, -0.1) is 0 Å². The van der Waals surface area contributed by atoms with Crippen LogP contribution in [0.1, 0.15) is 25.0 Å². The number of rotatable bonds is 3. The van der Waals surface area contributed by atoms with Crippen LogP contribution in [0.25, 0.3) is 82.4 Å². The molecule has 1 aliphatic rings. The van der Waals surface area contributed by atoms with E-state index >= 15 is 0 Å². The average molecular weight is 612 g/mol. The molecule has 226 valence electrons. The number of hydrogen-bond donors (Lipinski definition) is 0. The van der Waals surface area contributed by atoms with E-state index < -0.39 is 0 Å². The van der Waals surface area contributed by atoms with E-state index in [0.717, 1.165) is 0 Å². The zero-order chi connectivity index (χ0) is 32.0. The largest absolute Gasteiger partial charge is 0.309 e. The molecule has 0 N–H and O–H groups in total. The topological polar surface area (TPSA) is 4.93 Å². The van der Waals surface area contributed by atoms with Crippen molar-refractivity contribution in [2.24, 2.45) is 0 Å². The summed E-state index contributed by atoms with van der Waals surface area (Å²) in [6.07, 6.45) is 0. The molecule has 0 spiro atoms. The first kappa shape index (κ1) is 27.2. The SMILES string of the molecule is CC1(C)c2ccccc2-c2c3ccccc3c(-c3ccc(-c4ccc5c(c4)c4ccccc4n5-c4ccccc4)cc3)c3cccc1c23. The van der Waals surface area contributed by atoms with E-state index in [1.165, 1.54) is 93.5 Å². The highest BCUT2D eigenvalue weighted by Crippen LogP contribution is 2.53. The fourth-order valence-electron chi connectivity index (χ4n) is 8.57. The van der Waals surface area contributed by atoms with Gasteiger partial charge in [0.15, 0.2) is 0 Å². The van der Waals surface area contributed by atoms with Gasteiger partial charge in [0.25, 0.3) is 0 Å². The molecular formula is C47H33N. The van der Waals surface area contributed by atoms with Crippen LogP contribution in [0.3, 0.4) is 0 Å². The Balaban J connectivity index is 1.16. The molecule has 1 nitrogen and oxygen atoms in total. The number of para-hydroxylation sites is 2. The highest BCUT2D eigenvalue weighted by molar-refractivity contribution is 6.23. The average Bonchev–Trinajstić information content (AvgIpc) is 3.47. The molecule has 0 unspecified atom stereocenters. The Hall–Kier alpha value is -5.92. The van der Waals surface area contributed by atoms with Gasteiger partial charge >= 0.3 is 0 Å². The maximum absolute atomic E-state index is 2.38. The van der Waals surface area contributed by atoms with Crippen molar-refractivity contribution in [3.63, 3.8) is 0 Å². The second kappa shape index (κ2) is 10.0. The third kappa shape index (κ3) is 3.73. The molecule has 0 bridgehead atoms. The molecule has 1 heterocycles. The standard InChI is InChI=1S/C47H33N/c1-47(2)40-20-10-8-18-37(40)45-36-17-7-6-16-35(36)44(38-19-12-21-41(47)46(38)45)31-25-23-30(24-26-31)32-27-28-43-39(29-32)34-15-9-11-22-42(34)48(43)33-13-4-3-5-14-33/h3-29H,1-2H3. The van der Waals surface area contributed by atoms with Crippen LogP contribution in [0, 0.1) is 0 Å². The van der Waals surface area contributed by atoms with Gasteiger partial charge in [-0.2, -0.15) is 0 Å². The summed E-state index contributed by atoms with van der Waals surface area (Å²) in [5, 5.41) is 7.88. The number of hydrogen-bond acceptors (Lipinski definition) is 0. The van der Waals surface area contributed by atoms with Crippen LogP contribution in [-0.2, 0) is 5.41 Å². The lowest BCUT2D eigenvalue weighted by molar-refractivity contribution is 0.645. The van der Waals surface area contributed by atoms with Crippen molar-refractivity contribution >= 4 is 43.4 Å². The maximum atomic E-state index is 2.38. The summed E-state index contributed by atoms with van der Waals surface area (Å²) in [5.74, 6) is 0. The van der Waals surface area contributed by atoms with E-state index in [4.69, 9.17) is 0 Å². The molecule has 8 aromatic carbocycles.